The number of methoxy groups -OCH3 is 1. The maximum Gasteiger partial charge on any atom is 0.355 e. The van der Waals surface area contributed by atoms with Crippen LogP contribution in [0.3, 0.4) is 0 Å². The molecule has 152 valence electrons. The van der Waals surface area contributed by atoms with Gasteiger partial charge in [-0.1, -0.05) is 12.1 Å². The Bertz CT molecular complexity index is 879. The summed E-state index contributed by atoms with van der Waals surface area (Å²) in [5.41, 5.74) is -0.559. The fraction of sp³-hybridized carbons (Fsp3) is 0.333. The highest BCUT2D eigenvalue weighted by Gasteiger charge is 2.30. The second-order valence-corrected chi connectivity index (χ2v) is 5.65. The number of benzene rings is 1. The lowest BCUT2D eigenvalue weighted by atomic mass is 9.90. The minimum absolute atomic E-state index is 0.0138. The third-order valence-corrected chi connectivity index (χ3v) is 4.26. The van der Waals surface area contributed by atoms with Crippen LogP contribution in [0.5, 0.6) is 0 Å². The summed E-state index contributed by atoms with van der Waals surface area (Å²) in [4.78, 5) is 18.1. The SMILES string of the molecule is COC(=O)c1[nH]c(/C=N/CO)c(-c2ccc(CO)c(CO)c2CO)c1C(F)F. The number of nitrogens with one attached hydrogen (secondary N) is 1. The highest BCUT2D eigenvalue weighted by atomic mass is 19.3. The molecule has 0 aliphatic rings. The monoisotopic (exact) mass is 398 g/mol. The van der Waals surface area contributed by atoms with E-state index in [0.29, 0.717) is 5.56 Å². The first-order chi connectivity index (χ1) is 13.4. The number of rotatable bonds is 8. The number of aliphatic hydroxyl groups is 4. The average Bonchev–Trinajstić information content (AvgIpc) is 3.09. The topological polar surface area (TPSA) is 135 Å². The quantitative estimate of drug-likeness (QED) is 0.336. The first-order valence-corrected chi connectivity index (χ1v) is 8.14. The predicted molar refractivity (Wildman–Crippen MR) is 95.0 cm³/mol. The minimum Gasteiger partial charge on any atom is -0.464 e. The standard InChI is InChI=1S/C18H20F2N2O6/c1-28-18(27)16-15(17(19)20)14(13(22-16)4-21-8-26)10-3-2-9(5-23)11(6-24)12(10)7-25/h2-4,17,22-26H,5-8H2,1H3/b21-4+. The van der Waals surface area contributed by atoms with E-state index < -0.39 is 50.2 Å². The molecule has 0 radical (unpaired) electrons. The summed E-state index contributed by atoms with van der Waals surface area (Å²) in [6.45, 7) is -2.20. The number of aromatic amines is 1. The fourth-order valence-electron chi connectivity index (χ4n) is 3.04. The van der Waals surface area contributed by atoms with Gasteiger partial charge in [-0.2, -0.15) is 0 Å². The first-order valence-electron chi connectivity index (χ1n) is 8.14. The van der Waals surface area contributed by atoms with Crippen LogP contribution in [0.4, 0.5) is 8.78 Å². The summed E-state index contributed by atoms with van der Waals surface area (Å²) in [5, 5.41) is 37.8. The predicted octanol–water partition coefficient (Wildman–Crippen LogP) is 1.25. The van der Waals surface area contributed by atoms with Crippen molar-refractivity contribution in [2.75, 3.05) is 13.8 Å². The zero-order valence-corrected chi connectivity index (χ0v) is 14.9. The van der Waals surface area contributed by atoms with Crippen LogP contribution in [0.15, 0.2) is 17.1 Å². The number of nitrogens with zero attached hydrogens (tertiary/aromatic N) is 1. The lowest BCUT2D eigenvalue weighted by Gasteiger charge is -2.16. The Morgan fingerprint density at radius 1 is 1.18 bits per heavy atom. The Labute approximate surface area is 158 Å². The van der Waals surface area contributed by atoms with E-state index in [9.17, 15) is 28.9 Å². The molecular weight excluding hydrogens is 378 g/mol. The molecule has 2 rings (SSSR count). The molecule has 0 saturated carbocycles. The molecule has 0 aliphatic heterocycles. The molecule has 0 fully saturated rings. The van der Waals surface area contributed by atoms with Gasteiger partial charge in [0, 0.05) is 11.8 Å². The van der Waals surface area contributed by atoms with Crippen molar-refractivity contribution < 1.29 is 38.7 Å². The molecule has 10 heteroatoms. The van der Waals surface area contributed by atoms with Gasteiger partial charge in [-0.25, -0.2) is 13.6 Å². The normalized spacial score (nSPS) is 11.6. The molecular formula is C18H20F2N2O6. The van der Waals surface area contributed by atoms with Crippen molar-refractivity contribution >= 4 is 12.2 Å². The van der Waals surface area contributed by atoms with E-state index >= 15 is 0 Å². The minimum atomic E-state index is -3.08. The number of hydrogen-bond donors (Lipinski definition) is 5. The van der Waals surface area contributed by atoms with Gasteiger partial charge in [0.05, 0.1) is 38.2 Å². The maximum absolute atomic E-state index is 13.9. The Balaban J connectivity index is 2.92. The number of halogens is 2. The number of hydrogen-bond acceptors (Lipinski definition) is 7. The molecule has 0 aliphatic carbocycles. The number of carbonyl (C=O) groups excluding carboxylic acids is 1. The van der Waals surface area contributed by atoms with E-state index in [2.05, 4.69) is 14.7 Å². The number of aliphatic imine (C=N–C) groups is 1. The molecule has 0 amide bonds. The number of aromatic nitrogens is 1. The zero-order chi connectivity index (χ0) is 20.8. The van der Waals surface area contributed by atoms with E-state index in [4.69, 9.17) is 5.11 Å². The number of H-pyrrole nitrogens is 1. The third kappa shape index (κ3) is 3.94. The van der Waals surface area contributed by atoms with Gasteiger partial charge in [0.15, 0.2) is 0 Å². The number of ether oxygens (including phenoxy) is 1. The van der Waals surface area contributed by atoms with Crippen molar-refractivity contribution in [2.24, 2.45) is 4.99 Å². The van der Waals surface area contributed by atoms with Gasteiger partial charge in [0.2, 0.25) is 0 Å². The molecule has 0 saturated heterocycles. The van der Waals surface area contributed by atoms with Gasteiger partial charge >= 0.3 is 5.97 Å². The van der Waals surface area contributed by atoms with Crippen molar-refractivity contribution in [2.45, 2.75) is 26.2 Å². The molecule has 2 aromatic rings. The molecule has 0 atom stereocenters. The summed E-state index contributed by atoms with van der Waals surface area (Å²) in [7, 11) is 1.04. The van der Waals surface area contributed by atoms with Crippen LogP contribution in [-0.2, 0) is 24.6 Å². The smallest absolute Gasteiger partial charge is 0.355 e. The number of alkyl halides is 2. The maximum atomic E-state index is 13.9. The van der Waals surface area contributed by atoms with Crippen molar-refractivity contribution in [1.82, 2.24) is 4.98 Å². The Kier molecular flexibility index (Phi) is 7.35. The van der Waals surface area contributed by atoms with E-state index in [1.165, 1.54) is 12.1 Å². The lowest BCUT2D eigenvalue weighted by molar-refractivity contribution is 0.0583. The van der Waals surface area contributed by atoms with Crippen LogP contribution in [0.2, 0.25) is 0 Å². The second kappa shape index (κ2) is 9.51. The van der Waals surface area contributed by atoms with E-state index in [-0.39, 0.29) is 27.9 Å². The molecule has 1 aromatic heterocycles. The van der Waals surface area contributed by atoms with Crippen LogP contribution < -0.4 is 0 Å². The van der Waals surface area contributed by atoms with Gasteiger partial charge in [-0.05, 0) is 22.3 Å². The molecule has 0 bridgehead atoms. The van der Waals surface area contributed by atoms with Gasteiger partial charge in [-0.15, -0.1) is 0 Å². The molecule has 28 heavy (non-hydrogen) atoms. The van der Waals surface area contributed by atoms with Crippen molar-refractivity contribution in [1.29, 1.82) is 0 Å². The highest BCUT2D eigenvalue weighted by Crippen LogP contribution is 2.40. The molecule has 8 nitrogen and oxygen atoms in total. The van der Waals surface area contributed by atoms with Crippen LogP contribution in [0.25, 0.3) is 11.1 Å². The molecule has 1 heterocycles. The van der Waals surface area contributed by atoms with Crippen molar-refractivity contribution in [3.63, 3.8) is 0 Å². The summed E-state index contributed by atoms with van der Waals surface area (Å²) in [6.07, 6.45) is -2.01. The second-order valence-electron chi connectivity index (χ2n) is 5.65. The Hall–Kier alpha value is -2.66. The van der Waals surface area contributed by atoms with E-state index in [1.807, 2.05) is 0 Å². The van der Waals surface area contributed by atoms with Crippen LogP contribution in [-0.4, -0.2) is 51.4 Å². The molecule has 0 unspecified atom stereocenters. The number of esters is 1. The van der Waals surface area contributed by atoms with E-state index in [0.717, 1.165) is 13.3 Å². The summed E-state index contributed by atoms with van der Waals surface area (Å²) in [5.74, 6) is -1.03. The van der Waals surface area contributed by atoms with Gasteiger partial charge in [-0.3, -0.25) is 4.99 Å². The highest BCUT2D eigenvalue weighted by molar-refractivity contribution is 5.99. The molecule has 1 aromatic carbocycles. The van der Waals surface area contributed by atoms with Crippen LogP contribution >= 0.6 is 0 Å². The fourth-order valence-corrected chi connectivity index (χ4v) is 3.04. The van der Waals surface area contributed by atoms with Gasteiger partial charge in [0.1, 0.15) is 12.4 Å². The van der Waals surface area contributed by atoms with Crippen LogP contribution in [0, 0.1) is 0 Å². The first kappa shape index (κ1) is 21.6. The largest absolute Gasteiger partial charge is 0.464 e. The molecule has 0 spiro atoms. The number of aliphatic hydroxyl groups excluding tert-OH is 4. The summed E-state index contributed by atoms with van der Waals surface area (Å²) in [6, 6.07) is 2.82. The van der Waals surface area contributed by atoms with Crippen LogP contribution in [0.1, 0.15) is 44.9 Å². The van der Waals surface area contributed by atoms with Crippen molar-refractivity contribution in [3.8, 4) is 11.1 Å². The average molecular weight is 398 g/mol. The van der Waals surface area contributed by atoms with E-state index in [1.54, 1.807) is 0 Å². The number of carbonyl (C=O) groups is 1. The van der Waals surface area contributed by atoms with Crippen molar-refractivity contribution in [3.05, 3.63) is 45.8 Å². The lowest BCUT2D eigenvalue weighted by Crippen LogP contribution is -2.07. The Morgan fingerprint density at radius 2 is 1.86 bits per heavy atom. The Morgan fingerprint density at radius 3 is 2.36 bits per heavy atom. The van der Waals surface area contributed by atoms with Gasteiger partial charge in [0.25, 0.3) is 6.43 Å². The summed E-state index contributed by atoms with van der Waals surface area (Å²) < 4.78 is 32.3. The summed E-state index contributed by atoms with van der Waals surface area (Å²) >= 11 is 0. The molecule has 5 N–H and O–H groups in total. The zero-order valence-electron chi connectivity index (χ0n) is 14.9. The third-order valence-electron chi connectivity index (χ3n) is 4.26. The van der Waals surface area contributed by atoms with Gasteiger partial charge < -0.3 is 30.1 Å².